The van der Waals surface area contributed by atoms with Crippen LogP contribution in [0.5, 0.6) is 0 Å². The molecule has 0 radical (unpaired) electrons. The second-order valence-electron chi connectivity index (χ2n) is 6.33. The molecule has 1 heterocycles. The number of amides is 1. The molecule has 2 aromatic rings. The molecule has 5 nitrogen and oxygen atoms in total. The quantitative estimate of drug-likeness (QED) is 0.740. The van der Waals surface area contributed by atoms with Crippen molar-refractivity contribution in [3.05, 3.63) is 51.3 Å². The SMILES string of the molecule is Cc1cc(Br)ccc1NC(=O)COC(=O)c1cc(C)n(C(C)C)c1C. The molecule has 1 N–H and O–H groups in total. The number of esters is 1. The summed E-state index contributed by atoms with van der Waals surface area (Å²) >= 11 is 3.38. The van der Waals surface area contributed by atoms with Gasteiger partial charge in [0.1, 0.15) is 0 Å². The maximum Gasteiger partial charge on any atom is 0.340 e. The zero-order chi connectivity index (χ0) is 18.7. The van der Waals surface area contributed by atoms with Crippen molar-refractivity contribution < 1.29 is 14.3 Å². The highest BCUT2D eigenvalue weighted by Crippen LogP contribution is 2.21. The van der Waals surface area contributed by atoms with E-state index in [9.17, 15) is 9.59 Å². The number of carbonyl (C=O) groups is 2. The number of hydrogen-bond acceptors (Lipinski definition) is 3. The lowest BCUT2D eigenvalue weighted by Gasteiger charge is -2.13. The van der Waals surface area contributed by atoms with Crippen molar-refractivity contribution in [1.82, 2.24) is 4.57 Å². The van der Waals surface area contributed by atoms with Crippen molar-refractivity contribution in [3.63, 3.8) is 0 Å². The van der Waals surface area contributed by atoms with Crippen LogP contribution in [0.3, 0.4) is 0 Å². The molecule has 0 unspecified atom stereocenters. The summed E-state index contributed by atoms with van der Waals surface area (Å²) in [5.74, 6) is -0.848. The van der Waals surface area contributed by atoms with E-state index in [1.165, 1.54) is 0 Å². The summed E-state index contributed by atoms with van der Waals surface area (Å²) in [5.41, 5.74) is 3.96. The minimum Gasteiger partial charge on any atom is -0.452 e. The van der Waals surface area contributed by atoms with E-state index < -0.39 is 5.97 Å². The summed E-state index contributed by atoms with van der Waals surface area (Å²) in [4.78, 5) is 24.3. The van der Waals surface area contributed by atoms with Gasteiger partial charge in [-0.2, -0.15) is 0 Å². The van der Waals surface area contributed by atoms with Gasteiger partial charge in [-0.05, 0) is 64.4 Å². The fourth-order valence-corrected chi connectivity index (χ4v) is 3.42. The molecule has 1 amide bonds. The molecular weight excluding hydrogens is 384 g/mol. The van der Waals surface area contributed by atoms with Crippen LogP contribution >= 0.6 is 15.9 Å². The van der Waals surface area contributed by atoms with Gasteiger partial charge in [-0.1, -0.05) is 15.9 Å². The van der Waals surface area contributed by atoms with Gasteiger partial charge < -0.3 is 14.6 Å². The third kappa shape index (κ3) is 4.51. The molecule has 1 aromatic heterocycles. The maximum absolute atomic E-state index is 12.3. The van der Waals surface area contributed by atoms with Gasteiger partial charge in [0.15, 0.2) is 6.61 Å². The normalized spacial score (nSPS) is 10.8. The van der Waals surface area contributed by atoms with Crippen molar-refractivity contribution in [2.45, 2.75) is 40.7 Å². The van der Waals surface area contributed by atoms with E-state index in [2.05, 4.69) is 39.7 Å². The summed E-state index contributed by atoms with van der Waals surface area (Å²) < 4.78 is 8.19. The Bertz CT molecular complexity index is 809. The van der Waals surface area contributed by atoms with Crippen LogP contribution in [0.4, 0.5) is 5.69 Å². The van der Waals surface area contributed by atoms with Gasteiger partial charge in [0.05, 0.1) is 5.56 Å². The van der Waals surface area contributed by atoms with Crippen LogP contribution in [0.15, 0.2) is 28.7 Å². The first-order chi connectivity index (χ1) is 11.7. The maximum atomic E-state index is 12.3. The lowest BCUT2D eigenvalue weighted by molar-refractivity contribution is -0.119. The van der Waals surface area contributed by atoms with Crippen molar-refractivity contribution in [2.75, 3.05) is 11.9 Å². The molecule has 6 heteroatoms. The van der Waals surface area contributed by atoms with E-state index in [-0.39, 0.29) is 18.6 Å². The summed E-state index contributed by atoms with van der Waals surface area (Å²) in [6.45, 7) is 9.53. The first-order valence-corrected chi connectivity index (χ1v) is 8.91. The summed E-state index contributed by atoms with van der Waals surface area (Å²) in [6, 6.07) is 7.60. The number of hydrogen-bond donors (Lipinski definition) is 1. The molecule has 0 saturated carbocycles. The number of nitrogens with zero attached hydrogens (tertiary/aromatic N) is 1. The van der Waals surface area contributed by atoms with E-state index in [1.54, 1.807) is 12.1 Å². The first kappa shape index (κ1) is 19.2. The summed E-state index contributed by atoms with van der Waals surface area (Å²) in [6.07, 6.45) is 0. The van der Waals surface area contributed by atoms with Crippen LogP contribution in [-0.2, 0) is 9.53 Å². The van der Waals surface area contributed by atoms with Gasteiger partial charge in [-0.25, -0.2) is 4.79 Å². The fraction of sp³-hybridized carbons (Fsp3) is 0.368. The Kier molecular flexibility index (Phi) is 6.06. The van der Waals surface area contributed by atoms with Crippen LogP contribution in [0.2, 0.25) is 0 Å². The zero-order valence-electron chi connectivity index (χ0n) is 15.1. The molecule has 0 aliphatic rings. The summed E-state index contributed by atoms with van der Waals surface area (Å²) in [7, 11) is 0. The number of aryl methyl sites for hydroxylation is 2. The second-order valence-corrected chi connectivity index (χ2v) is 7.25. The standard InChI is InChI=1S/C19H23BrN2O3/c1-11(2)22-13(4)9-16(14(22)5)19(24)25-10-18(23)21-17-7-6-15(20)8-12(17)3/h6-9,11H,10H2,1-5H3,(H,21,23). The Morgan fingerprint density at radius 3 is 2.44 bits per heavy atom. The Hall–Kier alpha value is -2.08. The molecule has 0 atom stereocenters. The second kappa shape index (κ2) is 7.87. The van der Waals surface area contributed by atoms with Crippen LogP contribution in [0.1, 0.15) is 47.2 Å². The van der Waals surface area contributed by atoms with E-state index in [0.717, 1.165) is 21.4 Å². The molecule has 0 aliphatic carbocycles. The molecule has 0 bridgehead atoms. The number of anilines is 1. The van der Waals surface area contributed by atoms with Crippen molar-refractivity contribution in [3.8, 4) is 0 Å². The number of aromatic nitrogens is 1. The lowest BCUT2D eigenvalue weighted by atomic mass is 10.2. The van der Waals surface area contributed by atoms with E-state index >= 15 is 0 Å². The van der Waals surface area contributed by atoms with Crippen LogP contribution < -0.4 is 5.32 Å². The van der Waals surface area contributed by atoms with Gasteiger partial charge in [0.2, 0.25) is 0 Å². The molecule has 0 aliphatic heterocycles. The topological polar surface area (TPSA) is 60.3 Å². The van der Waals surface area contributed by atoms with E-state index in [4.69, 9.17) is 4.74 Å². The predicted molar refractivity (Wildman–Crippen MR) is 102 cm³/mol. The third-order valence-electron chi connectivity index (χ3n) is 4.02. The number of halogens is 1. The van der Waals surface area contributed by atoms with Gasteiger partial charge in [0.25, 0.3) is 5.91 Å². The average Bonchev–Trinajstić information content (AvgIpc) is 2.82. The van der Waals surface area contributed by atoms with Crippen molar-refractivity contribution in [2.24, 2.45) is 0 Å². The zero-order valence-corrected chi connectivity index (χ0v) is 16.7. The number of nitrogens with one attached hydrogen (secondary N) is 1. The van der Waals surface area contributed by atoms with Gasteiger partial charge in [-0.15, -0.1) is 0 Å². The third-order valence-corrected chi connectivity index (χ3v) is 4.51. The predicted octanol–water partition coefficient (Wildman–Crippen LogP) is 4.55. The molecule has 0 spiro atoms. The largest absolute Gasteiger partial charge is 0.452 e. The van der Waals surface area contributed by atoms with Crippen LogP contribution in [-0.4, -0.2) is 23.1 Å². The molecule has 0 saturated heterocycles. The first-order valence-electron chi connectivity index (χ1n) is 8.12. The van der Waals surface area contributed by atoms with Crippen molar-refractivity contribution in [1.29, 1.82) is 0 Å². The van der Waals surface area contributed by atoms with E-state index in [1.807, 2.05) is 32.9 Å². The van der Waals surface area contributed by atoms with Gasteiger partial charge in [-0.3, -0.25) is 4.79 Å². The fourth-order valence-electron chi connectivity index (χ4n) is 2.94. The number of carbonyl (C=O) groups excluding carboxylic acids is 2. The Labute approximate surface area is 156 Å². The Morgan fingerprint density at radius 2 is 1.88 bits per heavy atom. The van der Waals surface area contributed by atoms with Crippen LogP contribution in [0.25, 0.3) is 0 Å². The highest BCUT2D eigenvalue weighted by Gasteiger charge is 2.19. The van der Waals surface area contributed by atoms with Crippen LogP contribution in [0, 0.1) is 20.8 Å². The minimum absolute atomic E-state index is 0.255. The number of ether oxygens (including phenoxy) is 1. The molecule has 2 rings (SSSR count). The van der Waals surface area contributed by atoms with Gasteiger partial charge in [0, 0.05) is 27.6 Å². The smallest absolute Gasteiger partial charge is 0.340 e. The average molecular weight is 407 g/mol. The molecule has 25 heavy (non-hydrogen) atoms. The minimum atomic E-state index is -0.484. The van der Waals surface area contributed by atoms with E-state index in [0.29, 0.717) is 11.3 Å². The van der Waals surface area contributed by atoms with Gasteiger partial charge >= 0.3 is 5.97 Å². The van der Waals surface area contributed by atoms with Crippen molar-refractivity contribution >= 4 is 33.5 Å². The molecule has 134 valence electrons. The lowest BCUT2D eigenvalue weighted by Crippen LogP contribution is -2.21. The highest BCUT2D eigenvalue weighted by molar-refractivity contribution is 9.10. The Balaban J connectivity index is 2.00. The molecule has 1 aromatic carbocycles. The summed E-state index contributed by atoms with van der Waals surface area (Å²) in [5, 5.41) is 2.75. The highest BCUT2D eigenvalue weighted by atomic mass is 79.9. The number of rotatable bonds is 5. The molecule has 0 fully saturated rings. The molecular formula is C19H23BrN2O3. The number of benzene rings is 1. The Morgan fingerprint density at radius 1 is 1.20 bits per heavy atom. The monoisotopic (exact) mass is 406 g/mol.